The SMILES string of the molecule is CC1(C)Cc2cc(NC(=O)c3cnn4cccnc34)c(N3CCC(O)(CC(N)=O)CC3)cc2O1. The van der Waals surface area contributed by atoms with Gasteiger partial charge in [-0.2, -0.15) is 5.10 Å². The zero-order chi connectivity index (χ0) is 24.1. The Morgan fingerprint density at radius 1 is 1.26 bits per heavy atom. The van der Waals surface area contributed by atoms with Crippen LogP contribution in [0.1, 0.15) is 49.0 Å². The molecule has 10 heteroatoms. The maximum Gasteiger partial charge on any atom is 0.261 e. The molecule has 4 N–H and O–H groups in total. The van der Waals surface area contributed by atoms with Crippen molar-refractivity contribution in [2.75, 3.05) is 23.3 Å². The number of nitrogens with two attached hydrogens (primary N) is 1. The van der Waals surface area contributed by atoms with Gasteiger partial charge in [0, 0.05) is 43.5 Å². The number of aromatic nitrogens is 3. The minimum Gasteiger partial charge on any atom is -0.487 e. The molecule has 1 saturated heterocycles. The quantitative estimate of drug-likeness (QED) is 0.525. The zero-order valence-electron chi connectivity index (χ0n) is 19.2. The lowest BCUT2D eigenvalue weighted by molar-refractivity contribution is -0.123. The largest absolute Gasteiger partial charge is 0.487 e. The minimum absolute atomic E-state index is 0.0619. The molecule has 0 unspecified atom stereocenters. The van der Waals surface area contributed by atoms with E-state index in [1.807, 2.05) is 26.0 Å². The van der Waals surface area contributed by atoms with Crippen molar-refractivity contribution in [3.8, 4) is 5.75 Å². The van der Waals surface area contributed by atoms with Crippen LogP contribution in [-0.4, -0.2) is 55.8 Å². The molecular weight excluding hydrogens is 436 g/mol. The average Bonchev–Trinajstić information content (AvgIpc) is 3.32. The number of piperidine rings is 1. The Balaban J connectivity index is 1.46. The lowest BCUT2D eigenvalue weighted by Crippen LogP contribution is -2.46. The molecule has 1 fully saturated rings. The molecular formula is C24H28N6O4. The third-order valence-electron chi connectivity index (χ3n) is 6.49. The lowest BCUT2D eigenvalue weighted by Gasteiger charge is -2.39. The molecule has 178 valence electrons. The topological polar surface area (TPSA) is 135 Å². The molecule has 2 aliphatic heterocycles. The first kappa shape index (κ1) is 22.1. The molecule has 10 nitrogen and oxygen atoms in total. The summed E-state index contributed by atoms with van der Waals surface area (Å²) < 4.78 is 7.69. The highest BCUT2D eigenvalue weighted by Crippen LogP contribution is 2.43. The summed E-state index contributed by atoms with van der Waals surface area (Å²) in [6.45, 7) is 5.07. The molecule has 4 heterocycles. The number of ether oxygens (including phenoxy) is 1. The molecule has 2 amide bonds. The summed E-state index contributed by atoms with van der Waals surface area (Å²) in [5.74, 6) is -0.0389. The highest BCUT2D eigenvalue weighted by molar-refractivity contribution is 6.09. The van der Waals surface area contributed by atoms with Crippen molar-refractivity contribution in [3.05, 3.63) is 47.9 Å². The van der Waals surface area contributed by atoms with Crippen molar-refractivity contribution < 1.29 is 19.4 Å². The second-order valence-corrected chi connectivity index (χ2v) is 9.77. The number of hydrogen-bond acceptors (Lipinski definition) is 7. The number of amides is 2. The van der Waals surface area contributed by atoms with Gasteiger partial charge in [0.1, 0.15) is 16.9 Å². The molecule has 2 aliphatic rings. The van der Waals surface area contributed by atoms with E-state index in [0.717, 1.165) is 23.4 Å². The summed E-state index contributed by atoms with van der Waals surface area (Å²) in [6.07, 6.45) is 6.31. The van der Waals surface area contributed by atoms with Crippen molar-refractivity contribution in [1.82, 2.24) is 14.6 Å². The van der Waals surface area contributed by atoms with Crippen LogP contribution >= 0.6 is 0 Å². The normalized spacial score (nSPS) is 18.4. The fourth-order valence-corrected chi connectivity index (χ4v) is 4.84. The second kappa shape index (κ2) is 7.98. The van der Waals surface area contributed by atoms with E-state index < -0.39 is 11.5 Å². The number of carbonyl (C=O) groups excluding carboxylic acids is 2. The van der Waals surface area contributed by atoms with Crippen LogP contribution in [0, 0.1) is 0 Å². The van der Waals surface area contributed by atoms with Crippen LogP contribution in [0.5, 0.6) is 5.75 Å². The molecule has 0 spiro atoms. The van der Waals surface area contributed by atoms with Crippen LogP contribution in [0.3, 0.4) is 0 Å². The molecule has 0 bridgehead atoms. The van der Waals surface area contributed by atoms with Gasteiger partial charge in [0.2, 0.25) is 5.91 Å². The number of anilines is 2. The predicted octanol–water partition coefficient (Wildman–Crippen LogP) is 1.90. The number of hydrogen-bond donors (Lipinski definition) is 3. The summed E-state index contributed by atoms with van der Waals surface area (Å²) in [6, 6.07) is 5.66. The Labute approximate surface area is 196 Å². The minimum atomic E-state index is -1.11. The standard InChI is InChI=1S/C24H28N6O4/c1-23(2)12-15-10-17(28-22(32)16-14-27-30-7-3-6-26-21(16)30)18(11-19(15)34-23)29-8-4-24(33,5-9-29)13-20(25)31/h3,6-7,10-11,14,33H,4-5,8-9,12-13H2,1-2H3,(H2,25,31)(H,28,32). The van der Waals surface area contributed by atoms with Gasteiger partial charge in [-0.05, 0) is 38.8 Å². The number of rotatable bonds is 5. The molecule has 0 aliphatic carbocycles. The smallest absolute Gasteiger partial charge is 0.261 e. The van der Waals surface area contributed by atoms with Crippen molar-refractivity contribution >= 4 is 28.8 Å². The highest BCUT2D eigenvalue weighted by Gasteiger charge is 2.36. The van der Waals surface area contributed by atoms with Gasteiger partial charge in [-0.3, -0.25) is 9.59 Å². The van der Waals surface area contributed by atoms with E-state index in [-0.39, 0.29) is 17.9 Å². The number of primary amides is 1. The third-order valence-corrected chi connectivity index (χ3v) is 6.49. The Hall–Kier alpha value is -3.66. The van der Waals surface area contributed by atoms with Crippen LogP contribution in [-0.2, 0) is 11.2 Å². The summed E-state index contributed by atoms with van der Waals surface area (Å²) in [4.78, 5) is 31.0. The molecule has 3 aromatic rings. The van der Waals surface area contributed by atoms with E-state index in [9.17, 15) is 14.7 Å². The van der Waals surface area contributed by atoms with Crippen molar-refractivity contribution in [3.63, 3.8) is 0 Å². The summed E-state index contributed by atoms with van der Waals surface area (Å²) >= 11 is 0. The van der Waals surface area contributed by atoms with Crippen LogP contribution in [0.2, 0.25) is 0 Å². The summed E-state index contributed by atoms with van der Waals surface area (Å²) in [5, 5.41) is 18.0. The highest BCUT2D eigenvalue weighted by atomic mass is 16.5. The molecule has 0 radical (unpaired) electrons. The Kier molecular flexibility index (Phi) is 5.20. The van der Waals surface area contributed by atoms with Gasteiger partial charge in [-0.15, -0.1) is 0 Å². The zero-order valence-corrected chi connectivity index (χ0v) is 19.2. The number of benzene rings is 1. The Morgan fingerprint density at radius 3 is 2.76 bits per heavy atom. The van der Waals surface area contributed by atoms with Gasteiger partial charge in [-0.1, -0.05) is 0 Å². The third kappa shape index (κ3) is 4.16. The van der Waals surface area contributed by atoms with Gasteiger partial charge in [0.05, 0.1) is 29.6 Å². The number of nitrogens with zero attached hydrogens (tertiary/aromatic N) is 4. The van der Waals surface area contributed by atoms with E-state index >= 15 is 0 Å². The van der Waals surface area contributed by atoms with Crippen molar-refractivity contribution in [2.45, 2.75) is 50.7 Å². The molecule has 0 saturated carbocycles. The predicted molar refractivity (Wildman–Crippen MR) is 126 cm³/mol. The Morgan fingerprint density at radius 2 is 2.03 bits per heavy atom. The van der Waals surface area contributed by atoms with Crippen molar-refractivity contribution in [2.24, 2.45) is 5.73 Å². The Bertz CT molecular complexity index is 1280. The first-order chi connectivity index (χ1) is 16.1. The maximum atomic E-state index is 13.2. The molecule has 2 aromatic heterocycles. The van der Waals surface area contributed by atoms with Crippen molar-refractivity contribution in [1.29, 1.82) is 0 Å². The van der Waals surface area contributed by atoms with Crippen LogP contribution < -0.4 is 20.7 Å². The van der Waals surface area contributed by atoms with E-state index in [1.165, 1.54) is 6.20 Å². The van der Waals surface area contributed by atoms with Gasteiger partial charge < -0.3 is 25.8 Å². The molecule has 34 heavy (non-hydrogen) atoms. The number of fused-ring (bicyclic) bond motifs is 2. The van der Waals surface area contributed by atoms with E-state index in [4.69, 9.17) is 10.5 Å². The second-order valence-electron chi connectivity index (χ2n) is 9.77. The average molecular weight is 465 g/mol. The van der Waals surface area contributed by atoms with Gasteiger partial charge >= 0.3 is 0 Å². The summed E-state index contributed by atoms with van der Waals surface area (Å²) in [5.41, 5.74) is 7.19. The number of aliphatic hydroxyl groups is 1. The first-order valence-corrected chi connectivity index (χ1v) is 11.3. The monoisotopic (exact) mass is 464 g/mol. The lowest BCUT2D eigenvalue weighted by atomic mass is 9.87. The molecule has 5 rings (SSSR count). The van der Waals surface area contributed by atoms with E-state index in [2.05, 4.69) is 20.3 Å². The van der Waals surface area contributed by atoms with Crippen LogP contribution in [0.4, 0.5) is 11.4 Å². The molecule has 1 aromatic carbocycles. The maximum absolute atomic E-state index is 13.2. The first-order valence-electron chi connectivity index (χ1n) is 11.3. The van der Waals surface area contributed by atoms with Crippen LogP contribution in [0.15, 0.2) is 36.8 Å². The fraction of sp³-hybridized carbons (Fsp3) is 0.417. The van der Waals surface area contributed by atoms with Crippen LogP contribution in [0.25, 0.3) is 5.65 Å². The summed E-state index contributed by atoms with van der Waals surface area (Å²) in [7, 11) is 0. The van der Waals surface area contributed by atoms with Gasteiger partial charge in [0.15, 0.2) is 5.65 Å². The van der Waals surface area contributed by atoms with E-state index in [1.54, 1.807) is 23.0 Å². The molecule has 0 atom stereocenters. The number of nitrogens with one attached hydrogen (secondary N) is 1. The fourth-order valence-electron chi connectivity index (χ4n) is 4.84. The number of carbonyl (C=O) groups is 2. The van der Waals surface area contributed by atoms with Gasteiger partial charge in [-0.25, -0.2) is 9.50 Å². The van der Waals surface area contributed by atoms with E-state index in [0.29, 0.717) is 42.8 Å². The van der Waals surface area contributed by atoms with Gasteiger partial charge in [0.25, 0.3) is 5.91 Å².